The van der Waals surface area contributed by atoms with Crippen LogP contribution in [-0.4, -0.2) is 5.78 Å². The van der Waals surface area contributed by atoms with Crippen molar-refractivity contribution in [2.75, 3.05) is 0 Å². The molecule has 1 fully saturated rings. The molecule has 1 aromatic carbocycles. The van der Waals surface area contributed by atoms with Crippen molar-refractivity contribution in [3.05, 3.63) is 35.4 Å². The first-order valence-corrected chi connectivity index (χ1v) is 5.29. The summed E-state index contributed by atoms with van der Waals surface area (Å²) in [6.45, 7) is 4.03. The SMILES string of the molecule is CCC(=O)C1(c2ccc(C)cc2)CC1. The second-order valence-electron chi connectivity index (χ2n) is 4.22. The third-order valence-electron chi connectivity index (χ3n) is 3.21. The fourth-order valence-electron chi connectivity index (χ4n) is 2.06. The van der Waals surface area contributed by atoms with Crippen molar-refractivity contribution in [1.82, 2.24) is 0 Å². The van der Waals surface area contributed by atoms with Gasteiger partial charge in [0.2, 0.25) is 0 Å². The quantitative estimate of drug-likeness (QED) is 0.712. The van der Waals surface area contributed by atoms with E-state index in [1.54, 1.807) is 0 Å². The van der Waals surface area contributed by atoms with Gasteiger partial charge in [-0.25, -0.2) is 0 Å². The predicted molar refractivity (Wildman–Crippen MR) is 57.4 cm³/mol. The maximum atomic E-state index is 11.8. The molecule has 0 bridgehead atoms. The fourth-order valence-corrected chi connectivity index (χ4v) is 2.06. The van der Waals surface area contributed by atoms with Crippen LogP contribution in [-0.2, 0) is 10.2 Å². The summed E-state index contributed by atoms with van der Waals surface area (Å²) in [5.74, 6) is 0.404. The molecule has 1 aliphatic rings. The number of hydrogen-bond donors (Lipinski definition) is 0. The van der Waals surface area contributed by atoms with Crippen LogP contribution in [0.1, 0.15) is 37.3 Å². The second kappa shape index (κ2) is 3.23. The van der Waals surface area contributed by atoms with Gasteiger partial charge >= 0.3 is 0 Å². The lowest BCUT2D eigenvalue weighted by Crippen LogP contribution is -2.19. The molecule has 74 valence electrons. The van der Waals surface area contributed by atoms with Crippen LogP contribution in [0, 0.1) is 6.92 Å². The topological polar surface area (TPSA) is 17.1 Å². The fraction of sp³-hybridized carbons (Fsp3) is 0.462. The molecule has 0 aromatic heterocycles. The highest BCUT2D eigenvalue weighted by Gasteiger charge is 2.49. The zero-order valence-corrected chi connectivity index (χ0v) is 8.84. The molecule has 0 heterocycles. The Kier molecular flexibility index (Phi) is 2.18. The van der Waals surface area contributed by atoms with Crippen LogP contribution in [0.2, 0.25) is 0 Å². The van der Waals surface area contributed by atoms with Gasteiger partial charge in [-0.3, -0.25) is 4.79 Å². The number of ketones is 1. The summed E-state index contributed by atoms with van der Waals surface area (Å²) in [4.78, 5) is 11.8. The molecule has 1 aromatic rings. The first-order valence-electron chi connectivity index (χ1n) is 5.29. The molecule has 14 heavy (non-hydrogen) atoms. The largest absolute Gasteiger partial charge is 0.299 e. The first kappa shape index (κ1) is 9.45. The number of hydrogen-bond acceptors (Lipinski definition) is 1. The zero-order chi connectivity index (χ0) is 10.2. The minimum Gasteiger partial charge on any atom is -0.299 e. The van der Waals surface area contributed by atoms with Crippen molar-refractivity contribution >= 4 is 5.78 Å². The van der Waals surface area contributed by atoms with Gasteiger partial charge in [0.25, 0.3) is 0 Å². The third-order valence-corrected chi connectivity index (χ3v) is 3.21. The standard InChI is InChI=1S/C13H16O/c1-3-12(14)13(8-9-13)11-6-4-10(2)5-7-11/h4-7H,3,8-9H2,1-2H3. The van der Waals surface area contributed by atoms with E-state index in [9.17, 15) is 4.79 Å². The Morgan fingerprint density at radius 3 is 2.29 bits per heavy atom. The van der Waals surface area contributed by atoms with E-state index in [0.29, 0.717) is 12.2 Å². The Bertz CT molecular complexity index is 344. The van der Waals surface area contributed by atoms with Crippen molar-refractivity contribution in [3.8, 4) is 0 Å². The summed E-state index contributed by atoms with van der Waals surface area (Å²) in [6, 6.07) is 8.41. The molecule has 0 aliphatic heterocycles. The van der Waals surface area contributed by atoms with Crippen LogP contribution < -0.4 is 0 Å². The minimum atomic E-state index is -0.0948. The molecule has 0 N–H and O–H groups in total. The molecule has 1 heteroatoms. The molecule has 1 saturated carbocycles. The normalized spacial score (nSPS) is 17.9. The summed E-state index contributed by atoms with van der Waals surface area (Å²) in [6.07, 6.45) is 2.75. The molecule has 0 saturated heterocycles. The van der Waals surface area contributed by atoms with Crippen LogP contribution in [0.3, 0.4) is 0 Å². The summed E-state index contributed by atoms with van der Waals surface area (Å²) < 4.78 is 0. The third kappa shape index (κ3) is 1.37. The average molecular weight is 188 g/mol. The lowest BCUT2D eigenvalue weighted by molar-refractivity contribution is -0.121. The van der Waals surface area contributed by atoms with Crippen LogP contribution in [0.25, 0.3) is 0 Å². The van der Waals surface area contributed by atoms with Gasteiger partial charge in [-0.15, -0.1) is 0 Å². The summed E-state index contributed by atoms with van der Waals surface area (Å²) in [7, 11) is 0. The Morgan fingerprint density at radius 1 is 1.29 bits per heavy atom. The second-order valence-corrected chi connectivity index (χ2v) is 4.22. The van der Waals surface area contributed by atoms with Crippen molar-refractivity contribution in [2.45, 2.75) is 38.5 Å². The van der Waals surface area contributed by atoms with Crippen LogP contribution in [0.5, 0.6) is 0 Å². The van der Waals surface area contributed by atoms with Crippen LogP contribution >= 0.6 is 0 Å². The number of aryl methyl sites for hydroxylation is 1. The number of carbonyl (C=O) groups is 1. The number of carbonyl (C=O) groups excluding carboxylic acids is 1. The maximum Gasteiger partial charge on any atom is 0.143 e. The van der Waals surface area contributed by atoms with E-state index in [-0.39, 0.29) is 5.41 Å². The van der Waals surface area contributed by atoms with E-state index in [1.165, 1.54) is 11.1 Å². The highest BCUT2D eigenvalue weighted by Crippen LogP contribution is 2.49. The van der Waals surface area contributed by atoms with Gasteiger partial charge < -0.3 is 0 Å². The average Bonchev–Trinajstić information content (AvgIpc) is 2.99. The van der Waals surface area contributed by atoms with Crippen molar-refractivity contribution < 1.29 is 4.79 Å². The van der Waals surface area contributed by atoms with Gasteiger partial charge in [0.05, 0.1) is 5.41 Å². The Balaban J connectivity index is 2.31. The molecule has 0 radical (unpaired) electrons. The molecule has 0 amide bonds. The summed E-state index contributed by atoms with van der Waals surface area (Å²) in [5.41, 5.74) is 2.38. The lowest BCUT2D eigenvalue weighted by atomic mass is 9.89. The van der Waals surface area contributed by atoms with E-state index in [4.69, 9.17) is 0 Å². The summed E-state index contributed by atoms with van der Waals surface area (Å²) in [5, 5.41) is 0. The molecule has 0 spiro atoms. The van der Waals surface area contributed by atoms with E-state index in [0.717, 1.165) is 12.8 Å². The van der Waals surface area contributed by atoms with Crippen molar-refractivity contribution in [3.63, 3.8) is 0 Å². The predicted octanol–water partition coefficient (Wildman–Crippen LogP) is 3.01. The van der Waals surface area contributed by atoms with Gasteiger partial charge in [-0.2, -0.15) is 0 Å². The molecular weight excluding hydrogens is 172 g/mol. The minimum absolute atomic E-state index is 0.0948. The van der Waals surface area contributed by atoms with E-state index in [1.807, 2.05) is 6.92 Å². The van der Waals surface area contributed by atoms with Gasteiger partial charge in [0.1, 0.15) is 5.78 Å². The monoisotopic (exact) mass is 188 g/mol. The lowest BCUT2D eigenvalue weighted by Gasteiger charge is -2.13. The zero-order valence-electron chi connectivity index (χ0n) is 8.84. The van der Waals surface area contributed by atoms with Crippen LogP contribution in [0.15, 0.2) is 24.3 Å². The van der Waals surface area contributed by atoms with E-state index >= 15 is 0 Å². The Labute approximate surface area is 85.1 Å². The van der Waals surface area contributed by atoms with Gasteiger partial charge in [0.15, 0.2) is 0 Å². The smallest absolute Gasteiger partial charge is 0.143 e. The van der Waals surface area contributed by atoms with Crippen molar-refractivity contribution in [2.24, 2.45) is 0 Å². The van der Waals surface area contributed by atoms with Gasteiger partial charge in [0, 0.05) is 6.42 Å². The van der Waals surface area contributed by atoms with Gasteiger partial charge in [-0.05, 0) is 25.3 Å². The maximum absolute atomic E-state index is 11.8. The van der Waals surface area contributed by atoms with E-state index in [2.05, 4.69) is 31.2 Å². The molecule has 0 atom stereocenters. The van der Waals surface area contributed by atoms with Gasteiger partial charge in [-0.1, -0.05) is 36.8 Å². The highest BCUT2D eigenvalue weighted by molar-refractivity contribution is 5.92. The van der Waals surface area contributed by atoms with Crippen molar-refractivity contribution in [1.29, 1.82) is 0 Å². The highest BCUT2D eigenvalue weighted by atomic mass is 16.1. The molecular formula is C13H16O. The first-order chi connectivity index (χ1) is 6.69. The Hall–Kier alpha value is -1.11. The number of rotatable bonds is 3. The van der Waals surface area contributed by atoms with E-state index < -0.39 is 0 Å². The molecule has 2 rings (SSSR count). The molecule has 1 nitrogen and oxygen atoms in total. The van der Waals surface area contributed by atoms with Crippen LogP contribution in [0.4, 0.5) is 0 Å². The number of benzene rings is 1. The molecule has 0 unspecified atom stereocenters. The molecule has 1 aliphatic carbocycles. The Morgan fingerprint density at radius 2 is 1.86 bits per heavy atom. The number of Topliss-reactive ketones (excluding diaryl/α,β-unsaturated/α-hetero) is 1. The summed E-state index contributed by atoms with van der Waals surface area (Å²) >= 11 is 0.